The number of nitrogens with two attached hydrogens (primary N) is 1. The van der Waals surface area contributed by atoms with Crippen LogP contribution in [0.15, 0.2) is 0 Å². The predicted molar refractivity (Wildman–Crippen MR) is 40.8 cm³/mol. The molecule has 0 fully saturated rings. The minimum absolute atomic E-state index is 0.297. The molecule has 0 spiro atoms. The number of hydrogen-bond donors (Lipinski definition) is 2. The van der Waals surface area contributed by atoms with Gasteiger partial charge in [0, 0.05) is 0 Å². The summed E-state index contributed by atoms with van der Waals surface area (Å²) in [4.78, 5) is 0. The quantitative estimate of drug-likeness (QED) is 0.445. The summed E-state index contributed by atoms with van der Waals surface area (Å²) >= 11 is 0. The molecule has 0 unspecified atom stereocenters. The van der Waals surface area contributed by atoms with Gasteiger partial charge in [0.25, 0.3) is 0 Å². The molecule has 0 rings (SSSR count). The highest BCUT2D eigenvalue weighted by Crippen LogP contribution is 1.98. The number of nitrogens with one attached hydrogen (secondary N) is 1. The minimum atomic E-state index is -3.15. The van der Waals surface area contributed by atoms with Crippen LogP contribution in [-0.2, 0) is 9.84 Å². The average Bonchev–Trinajstić information content (AvgIpc) is 1.60. The maximum atomic E-state index is 10.9. The van der Waals surface area contributed by atoms with E-state index in [1.54, 1.807) is 13.8 Å². The SMILES string of the molecule is CC(C)S(=O)(=O)CC(=N)N. The van der Waals surface area contributed by atoms with Gasteiger partial charge >= 0.3 is 0 Å². The van der Waals surface area contributed by atoms with Gasteiger partial charge < -0.3 is 5.73 Å². The molecular formula is C5H12N2O2S. The Morgan fingerprint density at radius 1 is 1.60 bits per heavy atom. The van der Waals surface area contributed by atoms with Crippen LogP contribution in [0.5, 0.6) is 0 Å². The van der Waals surface area contributed by atoms with Gasteiger partial charge in [-0.15, -0.1) is 0 Å². The fourth-order valence-electron chi connectivity index (χ4n) is 0.383. The van der Waals surface area contributed by atoms with E-state index in [2.05, 4.69) is 0 Å². The lowest BCUT2D eigenvalue weighted by Gasteiger charge is -2.04. The highest BCUT2D eigenvalue weighted by Gasteiger charge is 2.16. The highest BCUT2D eigenvalue weighted by molar-refractivity contribution is 7.92. The molecule has 10 heavy (non-hydrogen) atoms. The zero-order valence-electron chi connectivity index (χ0n) is 6.09. The standard InChI is InChI=1S/C5H12N2O2S/c1-4(2)10(8,9)3-5(6)7/h4H,3H2,1-2H3,(H3,6,7). The molecular weight excluding hydrogens is 152 g/mol. The van der Waals surface area contributed by atoms with Crippen molar-refractivity contribution in [1.82, 2.24) is 0 Å². The molecule has 0 saturated heterocycles. The van der Waals surface area contributed by atoms with Crippen LogP contribution < -0.4 is 5.73 Å². The Morgan fingerprint density at radius 3 is 2.10 bits per heavy atom. The lowest BCUT2D eigenvalue weighted by atomic mass is 10.6. The maximum Gasteiger partial charge on any atom is 0.159 e. The first-order chi connectivity index (χ1) is 4.36. The number of sulfone groups is 1. The summed E-state index contributed by atoms with van der Waals surface area (Å²) in [5, 5.41) is 6.29. The fourth-order valence-corrected chi connectivity index (χ4v) is 1.15. The first-order valence-corrected chi connectivity index (χ1v) is 4.62. The van der Waals surface area contributed by atoms with Gasteiger partial charge in [-0.2, -0.15) is 0 Å². The predicted octanol–water partition coefficient (Wildman–Crippen LogP) is -0.254. The van der Waals surface area contributed by atoms with Gasteiger partial charge in [-0.1, -0.05) is 0 Å². The van der Waals surface area contributed by atoms with Crippen LogP contribution in [0.1, 0.15) is 13.8 Å². The summed E-state index contributed by atoms with van der Waals surface area (Å²) in [5.41, 5.74) is 4.92. The van der Waals surface area contributed by atoms with Crippen molar-refractivity contribution >= 4 is 15.7 Å². The second-order valence-electron chi connectivity index (χ2n) is 2.38. The van der Waals surface area contributed by atoms with E-state index in [0.29, 0.717) is 0 Å². The number of hydrogen-bond acceptors (Lipinski definition) is 3. The third-order valence-electron chi connectivity index (χ3n) is 1.07. The van der Waals surface area contributed by atoms with E-state index >= 15 is 0 Å². The van der Waals surface area contributed by atoms with Gasteiger partial charge in [0.1, 0.15) is 11.6 Å². The van der Waals surface area contributed by atoms with Gasteiger partial charge in [0.15, 0.2) is 9.84 Å². The van der Waals surface area contributed by atoms with Gasteiger partial charge in [-0.3, -0.25) is 5.41 Å². The summed E-state index contributed by atoms with van der Waals surface area (Å²) < 4.78 is 21.8. The van der Waals surface area contributed by atoms with E-state index in [-0.39, 0.29) is 11.6 Å². The molecule has 0 bridgehead atoms. The van der Waals surface area contributed by atoms with Crippen LogP contribution >= 0.6 is 0 Å². The van der Waals surface area contributed by atoms with Gasteiger partial charge in [-0.25, -0.2) is 8.42 Å². The van der Waals surface area contributed by atoms with Crippen molar-refractivity contribution in [3.8, 4) is 0 Å². The maximum absolute atomic E-state index is 10.9. The monoisotopic (exact) mass is 164 g/mol. The van der Waals surface area contributed by atoms with Gasteiger partial charge in [0.05, 0.1) is 5.25 Å². The summed E-state index contributed by atoms with van der Waals surface area (Å²) in [6.45, 7) is 3.14. The van der Waals surface area contributed by atoms with Crippen molar-refractivity contribution in [3.63, 3.8) is 0 Å². The van der Waals surface area contributed by atoms with Crippen molar-refractivity contribution in [1.29, 1.82) is 5.41 Å². The smallest absolute Gasteiger partial charge is 0.159 e. The van der Waals surface area contributed by atoms with E-state index in [1.807, 2.05) is 0 Å². The summed E-state index contributed by atoms with van der Waals surface area (Å²) in [6, 6.07) is 0. The topological polar surface area (TPSA) is 84.0 Å². The molecule has 0 atom stereocenters. The fraction of sp³-hybridized carbons (Fsp3) is 0.800. The zero-order chi connectivity index (χ0) is 8.36. The molecule has 0 amide bonds. The Kier molecular flexibility index (Phi) is 2.83. The first kappa shape index (κ1) is 9.42. The Balaban J connectivity index is 4.31. The van der Waals surface area contributed by atoms with E-state index in [1.165, 1.54) is 0 Å². The molecule has 0 aliphatic heterocycles. The summed E-state index contributed by atoms with van der Waals surface area (Å²) in [6.07, 6.45) is 0. The van der Waals surface area contributed by atoms with E-state index < -0.39 is 15.1 Å². The van der Waals surface area contributed by atoms with Crippen molar-refractivity contribution in [3.05, 3.63) is 0 Å². The van der Waals surface area contributed by atoms with E-state index in [0.717, 1.165) is 0 Å². The number of amidine groups is 1. The van der Waals surface area contributed by atoms with Crippen LogP contribution in [0, 0.1) is 5.41 Å². The van der Waals surface area contributed by atoms with Crippen molar-refractivity contribution in [2.24, 2.45) is 5.73 Å². The molecule has 0 heterocycles. The Morgan fingerprint density at radius 2 is 2.00 bits per heavy atom. The number of rotatable bonds is 3. The first-order valence-electron chi connectivity index (χ1n) is 2.90. The zero-order valence-corrected chi connectivity index (χ0v) is 6.90. The normalized spacial score (nSPS) is 11.9. The molecule has 5 heteroatoms. The largest absolute Gasteiger partial charge is 0.387 e. The highest BCUT2D eigenvalue weighted by atomic mass is 32.2. The summed E-state index contributed by atoms with van der Waals surface area (Å²) in [7, 11) is -3.15. The third kappa shape index (κ3) is 2.82. The van der Waals surface area contributed by atoms with E-state index in [9.17, 15) is 8.42 Å². The van der Waals surface area contributed by atoms with Crippen LogP contribution in [0.4, 0.5) is 0 Å². The molecule has 0 radical (unpaired) electrons. The molecule has 0 aliphatic rings. The molecule has 4 nitrogen and oxygen atoms in total. The Bertz CT molecular complexity index is 218. The van der Waals surface area contributed by atoms with Crippen LogP contribution in [0.3, 0.4) is 0 Å². The van der Waals surface area contributed by atoms with Crippen molar-refractivity contribution < 1.29 is 8.42 Å². The molecule has 0 aromatic carbocycles. The van der Waals surface area contributed by atoms with Crippen LogP contribution in [-0.4, -0.2) is 25.3 Å². The van der Waals surface area contributed by atoms with Crippen molar-refractivity contribution in [2.45, 2.75) is 19.1 Å². The average molecular weight is 164 g/mol. The molecule has 60 valence electrons. The van der Waals surface area contributed by atoms with Crippen molar-refractivity contribution in [2.75, 3.05) is 5.75 Å². The molecule has 0 saturated carbocycles. The lowest BCUT2D eigenvalue weighted by molar-refractivity contribution is 0.591. The second kappa shape index (κ2) is 3.01. The molecule has 0 aliphatic carbocycles. The lowest BCUT2D eigenvalue weighted by Crippen LogP contribution is -2.27. The Labute approximate surface area is 60.8 Å². The van der Waals surface area contributed by atoms with Crippen LogP contribution in [0.2, 0.25) is 0 Å². The third-order valence-corrected chi connectivity index (χ3v) is 3.22. The molecule has 0 aromatic heterocycles. The van der Waals surface area contributed by atoms with Gasteiger partial charge in [-0.05, 0) is 13.8 Å². The van der Waals surface area contributed by atoms with Crippen LogP contribution in [0.25, 0.3) is 0 Å². The molecule has 3 N–H and O–H groups in total. The van der Waals surface area contributed by atoms with Gasteiger partial charge in [0.2, 0.25) is 0 Å². The van der Waals surface area contributed by atoms with E-state index in [4.69, 9.17) is 11.1 Å². The second-order valence-corrected chi connectivity index (χ2v) is 4.94. The minimum Gasteiger partial charge on any atom is -0.387 e. The Hall–Kier alpha value is -0.580. The molecule has 0 aromatic rings. The summed E-state index contributed by atoms with van der Waals surface area (Å²) in [5.74, 6) is -0.626.